The number of aromatic nitrogens is 1. The van der Waals surface area contributed by atoms with E-state index in [0.717, 1.165) is 19.3 Å². The van der Waals surface area contributed by atoms with Crippen LogP contribution < -0.4 is 20.9 Å². The molecule has 8 heteroatoms. The Bertz CT molecular complexity index is 779. The molecule has 0 saturated heterocycles. The van der Waals surface area contributed by atoms with Gasteiger partial charge in [0.1, 0.15) is 5.70 Å². The van der Waals surface area contributed by atoms with Gasteiger partial charge in [-0.15, -0.1) is 0 Å². The van der Waals surface area contributed by atoms with Crippen molar-refractivity contribution in [1.82, 2.24) is 9.71 Å². The van der Waals surface area contributed by atoms with Gasteiger partial charge in [-0.05, 0) is 31.4 Å². The van der Waals surface area contributed by atoms with Gasteiger partial charge in [0, 0.05) is 17.7 Å². The molecule has 1 aromatic heterocycles. The van der Waals surface area contributed by atoms with Gasteiger partial charge in [-0.2, -0.15) is 5.26 Å². The van der Waals surface area contributed by atoms with Crippen molar-refractivity contribution in [2.24, 2.45) is 22.3 Å². The maximum absolute atomic E-state index is 9.10. The molecule has 3 saturated carbocycles. The van der Waals surface area contributed by atoms with Crippen LogP contribution in [0.5, 0.6) is 5.88 Å². The minimum absolute atomic E-state index is 0.0693. The van der Waals surface area contributed by atoms with E-state index in [2.05, 4.69) is 15.8 Å². The van der Waals surface area contributed by atoms with E-state index in [1.807, 2.05) is 24.5 Å². The second kappa shape index (κ2) is 7.00. The number of nitrogens with two attached hydrogens (primary N) is 2. The summed E-state index contributed by atoms with van der Waals surface area (Å²) in [5, 5.41) is 9.10. The second-order valence-electron chi connectivity index (χ2n) is 6.96. The molecule has 0 unspecified atom stereocenters. The smallest absolute Gasteiger partial charge is 0.213 e. The first-order valence-electron chi connectivity index (χ1n) is 8.26. The van der Waals surface area contributed by atoms with Gasteiger partial charge in [0.15, 0.2) is 0 Å². The van der Waals surface area contributed by atoms with Crippen LogP contribution in [0.4, 0.5) is 0 Å². The van der Waals surface area contributed by atoms with Crippen LogP contribution in [0.25, 0.3) is 5.70 Å². The standard InChI is InChI=1S/C18H23N5O2S/c1-24-16(21)14(23-26-2)6-12(20)13-4-3-5-15(22-13)25-11-18-7-17(8-18,9-18)10-19/h3-6,23H,7-9,11,20-21H2,1-2H3/b12-6-,16-14-. The fourth-order valence-corrected chi connectivity index (χ4v) is 4.13. The molecule has 0 amide bonds. The lowest BCUT2D eigenvalue weighted by atomic mass is 9.36. The summed E-state index contributed by atoms with van der Waals surface area (Å²) in [6.45, 7) is 0.590. The van der Waals surface area contributed by atoms with Crippen LogP contribution in [0.2, 0.25) is 0 Å². The van der Waals surface area contributed by atoms with Gasteiger partial charge in [-0.25, -0.2) is 4.98 Å². The second-order valence-corrected chi connectivity index (χ2v) is 7.57. The monoisotopic (exact) mass is 373 g/mol. The van der Waals surface area contributed by atoms with Crippen LogP contribution in [-0.2, 0) is 4.74 Å². The Morgan fingerprint density at radius 2 is 2.15 bits per heavy atom. The van der Waals surface area contributed by atoms with E-state index in [4.69, 9.17) is 26.2 Å². The Balaban J connectivity index is 1.67. The summed E-state index contributed by atoms with van der Waals surface area (Å²) < 4.78 is 14.0. The Morgan fingerprint density at radius 1 is 1.42 bits per heavy atom. The highest BCUT2D eigenvalue weighted by molar-refractivity contribution is 7.96. The molecule has 0 aromatic carbocycles. The van der Waals surface area contributed by atoms with Gasteiger partial charge in [-0.3, -0.25) is 0 Å². The van der Waals surface area contributed by atoms with Gasteiger partial charge < -0.3 is 25.7 Å². The van der Waals surface area contributed by atoms with Crippen LogP contribution in [-0.4, -0.2) is 25.0 Å². The zero-order valence-corrected chi connectivity index (χ0v) is 15.7. The number of allylic oxidation sites excluding steroid dienone is 1. The van der Waals surface area contributed by atoms with Crippen molar-refractivity contribution in [1.29, 1.82) is 5.26 Å². The van der Waals surface area contributed by atoms with Crippen molar-refractivity contribution in [3.8, 4) is 11.9 Å². The highest BCUT2D eigenvalue weighted by Gasteiger charge is 2.68. The van der Waals surface area contributed by atoms with E-state index in [0.29, 0.717) is 29.6 Å². The Labute approximate surface area is 157 Å². The summed E-state index contributed by atoms with van der Waals surface area (Å²) in [6, 6.07) is 7.87. The predicted molar refractivity (Wildman–Crippen MR) is 101 cm³/mol. The maximum atomic E-state index is 9.10. The van der Waals surface area contributed by atoms with Crippen molar-refractivity contribution in [3.05, 3.63) is 41.5 Å². The number of ether oxygens (including phenoxy) is 2. The zero-order chi connectivity index (χ0) is 18.8. The average molecular weight is 373 g/mol. The fourth-order valence-electron chi connectivity index (χ4n) is 3.75. The van der Waals surface area contributed by atoms with Crippen molar-refractivity contribution < 1.29 is 9.47 Å². The number of nitriles is 1. The molecule has 3 aliphatic rings. The number of methoxy groups -OCH3 is 1. The molecule has 1 heterocycles. The van der Waals surface area contributed by atoms with Crippen molar-refractivity contribution in [2.45, 2.75) is 19.3 Å². The molecule has 0 aliphatic heterocycles. The third-order valence-electron chi connectivity index (χ3n) is 4.92. The topological polar surface area (TPSA) is 119 Å². The van der Waals surface area contributed by atoms with Gasteiger partial charge in [0.05, 0.1) is 36.6 Å². The van der Waals surface area contributed by atoms with E-state index >= 15 is 0 Å². The predicted octanol–water partition coefficient (Wildman–Crippen LogP) is 2.10. The number of hydrogen-bond acceptors (Lipinski definition) is 8. The lowest BCUT2D eigenvalue weighted by Crippen LogP contribution is -2.63. The molecule has 0 atom stereocenters. The van der Waals surface area contributed by atoms with E-state index in [-0.39, 0.29) is 16.7 Å². The summed E-state index contributed by atoms with van der Waals surface area (Å²) in [5.74, 6) is 0.766. The summed E-state index contributed by atoms with van der Waals surface area (Å²) in [4.78, 5) is 4.47. The van der Waals surface area contributed by atoms with Gasteiger partial charge in [0.2, 0.25) is 11.8 Å². The van der Waals surface area contributed by atoms with Crippen LogP contribution in [0.15, 0.2) is 35.9 Å². The maximum Gasteiger partial charge on any atom is 0.213 e. The molecule has 7 nitrogen and oxygen atoms in total. The highest BCUT2D eigenvalue weighted by Crippen LogP contribution is 2.72. The van der Waals surface area contributed by atoms with Crippen LogP contribution in [0.1, 0.15) is 25.0 Å². The Kier molecular flexibility index (Phi) is 4.92. The fraction of sp³-hybridized carbons (Fsp3) is 0.444. The van der Waals surface area contributed by atoms with Gasteiger partial charge >= 0.3 is 0 Å². The van der Waals surface area contributed by atoms with Crippen LogP contribution in [0.3, 0.4) is 0 Å². The molecule has 1 aromatic rings. The normalized spacial score (nSPS) is 27.3. The summed E-state index contributed by atoms with van der Waals surface area (Å²) >= 11 is 1.38. The molecule has 138 valence electrons. The largest absolute Gasteiger partial charge is 0.481 e. The first-order chi connectivity index (χ1) is 12.4. The molecular weight excluding hydrogens is 350 g/mol. The molecule has 4 rings (SSSR count). The lowest BCUT2D eigenvalue weighted by Gasteiger charge is -2.66. The van der Waals surface area contributed by atoms with Crippen LogP contribution >= 0.6 is 11.9 Å². The summed E-state index contributed by atoms with van der Waals surface area (Å²) in [7, 11) is 1.50. The van der Waals surface area contributed by atoms with Gasteiger partial charge in [0.25, 0.3) is 0 Å². The van der Waals surface area contributed by atoms with E-state index in [9.17, 15) is 0 Å². The van der Waals surface area contributed by atoms with Crippen molar-refractivity contribution in [3.63, 3.8) is 0 Å². The zero-order valence-electron chi connectivity index (χ0n) is 14.9. The van der Waals surface area contributed by atoms with Crippen LogP contribution in [0, 0.1) is 22.2 Å². The first-order valence-corrected chi connectivity index (χ1v) is 9.49. The minimum atomic E-state index is -0.0693. The number of nitrogens with one attached hydrogen (secondary N) is 1. The highest BCUT2D eigenvalue weighted by atomic mass is 32.2. The molecule has 5 N–H and O–H groups in total. The molecule has 26 heavy (non-hydrogen) atoms. The number of nitrogens with zero attached hydrogens (tertiary/aromatic N) is 2. The van der Waals surface area contributed by atoms with Crippen molar-refractivity contribution >= 4 is 17.6 Å². The van der Waals surface area contributed by atoms with E-state index in [1.165, 1.54) is 19.1 Å². The molecule has 0 radical (unpaired) electrons. The van der Waals surface area contributed by atoms with Gasteiger partial charge in [-0.1, -0.05) is 18.0 Å². The molecule has 0 spiro atoms. The minimum Gasteiger partial charge on any atom is -0.481 e. The van der Waals surface area contributed by atoms with E-state index in [1.54, 1.807) is 6.08 Å². The first kappa shape index (κ1) is 18.3. The third kappa shape index (κ3) is 3.40. The number of rotatable bonds is 8. The average Bonchev–Trinajstić information content (AvgIpc) is 2.59. The molecular formula is C18H23N5O2S. The molecule has 3 aliphatic carbocycles. The quantitative estimate of drug-likeness (QED) is 0.360. The van der Waals surface area contributed by atoms with Crippen molar-refractivity contribution in [2.75, 3.05) is 20.0 Å². The lowest BCUT2D eigenvalue weighted by molar-refractivity contribution is -0.182. The molecule has 3 fully saturated rings. The number of hydrogen-bond donors (Lipinski definition) is 3. The Morgan fingerprint density at radius 3 is 2.77 bits per heavy atom. The number of pyridine rings is 1. The Hall–Kier alpha value is -2.53. The third-order valence-corrected chi connectivity index (χ3v) is 5.34. The van der Waals surface area contributed by atoms with E-state index < -0.39 is 0 Å². The SMILES string of the molecule is CO/C(N)=C(/C=C(\N)c1cccc(OCC23CC(C#N)(C2)C3)n1)NSC. The molecule has 2 bridgehead atoms. The summed E-state index contributed by atoms with van der Waals surface area (Å²) in [6.07, 6.45) is 6.36. The summed E-state index contributed by atoms with van der Waals surface area (Å²) in [5.41, 5.74) is 13.7.